The molecule has 0 saturated carbocycles. The van der Waals surface area contributed by atoms with Crippen molar-refractivity contribution in [1.82, 2.24) is 5.32 Å². The molecule has 0 spiro atoms. The molecule has 5 heteroatoms. The van der Waals surface area contributed by atoms with Crippen molar-refractivity contribution >= 4 is 12.1 Å². The Labute approximate surface area is 131 Å². The monoisotopic (exact) mass is 303 g/mol. The first-order chi connectivity index (χ1) is 10.6. The van der Waals surface area contributed by atoms with Gasteiger partial charge in [0.25, 0.3) is 0 Å². The molecule has 0 bridgehead atoms. The second-order valence-corrected chi connectivity index (χ2v) is 4.83. The molecule has 0 aliphatic carbocycles. The molecule has 1 rings (SSSR count). The molecule has 1 aromatic carbocycles. The van der Waals surface area contributed by atoms with Gasteiger partial charge in [0.05, 0.1) is 13.2 Å². The van der Waals surface area contributed by atoms with Crippen LogP contribution in [0, 0.1) is 17.8 Å². The Balaban J connectivity index is 2.58. The highest BCUT2D eigenvalue weighted by Crippen LogP contribution is 2.08. The van der Waals surface area contributed by atoms with Crippen LogP contribution in [0.1, 0.15) is 25.8 Å². The maximum Gasteiger partial charge on any atom is 0.408 e. The van der Waals surface area contributed by atoms with Gasteiger partial charge in [0.1, 0.15) is 6.61 Å². The predicted octanol–water partition coefficient (Wildman–Crippen LogP) is 2.50. The standard InChI is InChI=1S/C17H21NO4/c1-4-13(2)15(10-11-16(19)21-3)18-17(20)22-12-14-8-6-5-7-9-14/h5-9,13,15H,4,12H2,1-3H3,(H,18,20)/t13?,15-/m1/s1. The van der Waals surface area contributed by atoms with E-state index in [0.29, 0.717) is 0 Å². The fourth-order valence-corrected chi connectivity index (χ4v) is 1.64. The van der Waals surface area contributed by atoms with E-state index in [4.69, 9.17) is 4.74 Å². The van der Waals surface area contributed by atoms with Gasteiger partial charge in [-0.3, -0.25) is 0 Å². The SMILES string of the molecule is CCC(C)[C@@H](C#CC(=O)OC)NC(=O)OCc1ccccc1. The molecule has 1 aromatic rings. The van der Waals surface area contributed by atoms with E-state index < -0.39 is 18.1 Å². The molecule has 0 fully saturated rings. The number of nitrogens with one attached hydrogen (secondary N) is 1. The Bertz CT molecular complexity index is 545. The van der Waals surface area contributed by atoms with Crippen molar-refractivity contribution < 1.29 is 19.1 Å². The average Bonchev–Trinajstić information content (AvgIpc) is 2.56. The third-order valence-corrected chi connectivity index (χ3v) is 3.21. The molecule has 22 heavy (non-hydrogen) atoms. The molecular weight excluding hydrogens is 282 g/mol. The van der Waals surface area contributed by atoms with Gasteiger partial charge >= 0.3 is 12.1 Å². The lowest BCUT2D eigenvalue weighted by Crippen LogP contribution is -2.38. The van der Waals surface area contributed by atoms with Crippen LogP contribution in [0.2, 0.25) is 0 Å². The minimum Gasteiger partial charge on any atom is -0.459 e. The third-order valence-electron chi connectivity index (χ3n) is 3.21. The first kappa shape index (κ1) is 17.6. The summed E-state index contributed by atoms with van der Waals surface area (Å²) in [4.78, 5) is 22.9. The van der Waals surface area contributed by atoms with E-state index in [1.54, 1.807) is 0 Å². The second kappa shape index (κ2) is 9.46. The van der Waals surface area contributed by atoms with Crippen LogP contribution in [-0.2, 0) is 20.9 Å². The summed E-state index contributed by atoms with van der Waals surface area (Å²) in [5.41, 5.74) is 0.901. The molecule has 1 amide bonds. The van der Waals surface area contributed by atoms with Crippen LogP contribution in [0.5, 0.6) is 0 Å². The molecule has 0 aliphatic heterocycles. The minimum atomic E-state index is -0.632. The number of carbonyl (C=O) groups excluding carboxylic acids is 2. The highest BCUT2D eigenvalue weighted by Gasteiger charge is 2.17. The number of hydrogen-bond acceptors (Lipinski definition) is 4. The van der Waals surface area contributed by atoms with Crippen LogP contribution in [0.3, 0.4) is 0 Å². The number of ether oxygens (including phenoxy) is 2. The van der Waals surface area contributed by atoms with Gasteiger partial charge in [-0.05, 0) is 11.5 Å². The van der Waals surface area contributed by atoms with Gasteiger partial charge in [0.15, 0.2) is 0 Å². The molecule has 0 saturated heterocycles. The number of alkyl carbamates (subject to hydrolysis) is 1. The van der Waals surface area contributed by atoms with Crippen LogP contribution in [0.4, 0.5) is 4.79 Å². The maximum absolute atomic E-state index is 11.8. The average molecular weight is 303 g/mol. The smallest absolute Gasteiger partial charge is 0.408 e. The largest absolute Gasteiger partial charge is 0.459 e. The number of benzene rings is 1. The summed E-state index contributed by atoms with van der Waals surface area (Å²) in [5, 5.41) is 2.67. The van der Waals surface area contributed by atoms with Gasteiger partial charge in [0.2, 0.25) is 0 Å². The first-order valence-corrected chi connectivity index (χ1v) is 7.13. The van der Waals surface area contributed by atoms with Crippen molar-refractivity contribution in [3.05, 3.63) is 35.9 Å². The quantitative estimate of drug-likeness (QED) is 0.516. The van der Waals surface area contributed by atoms with E-state index in [2.05, 4.69) is 21.9 Å². The Kier molecular flexibility index (Phi) is 7.55. The fraction of sp³-hybridized carbons (Fsp3) is 0.412. The normalized spacial score (nSPS) is 12.3. The summed E-state index contributed by atoms with van der Waals surface area (Å²) < 4.78 is 9.62. The maximum atomic E-state index is 11.8. The molecule has 118 valence electrons. The van der Waals surface area contributed by atoms with Crippen molar-refractivity contribution in [1.29, 1.82) is 0 Å². The van der Waals surface area contributed by atoms with E-state index in [-0.39, 0.29) is 12.5 Å². The molecule has 5 nitrogen and oxygen atoms in total. The lowest BCUT2D eigenvalue weighted by molar-refractivity contribution is -0.133. The van der Waals surface area contributed by atoms with Crippen molar-refractivity contribution in [3.63, 3.8) is 0 Å². The Morgan fingerprint density at radius 3 is 2.55 bits per heavy atom. The summed E-state index contributed by atoms with van der Waals surface area (Å²) in [6, 6.07) is 8.92. The number of amides is 1. The van der Waals surface area contributed by atoms with Crippen LogP contribution >= 0.6 is 0 Å². The molecular formula is C17H21NO4. The number of esters is 1. The van der Waals surface area contributed by atoms with Crippen molar-refractivity contribution in [2.45, 2.75) is 32.9 Å². The van der Waals surface area contributed by atoms with Crippen molar-refractivity contribution in [2.75, 3.05) is 7.11 Å². The molecule has 1 unspecified atom stereocenters. The van der Waals surface area contributed by atoms with Gasteiger partial charge in [0, 0.05) is 5.92 Å². The first-order valence-electron chi connectivity index (χ1n) is 7.13. The summed E-state index contributed by atoms with van der Waals surface area (Å²) in [6.07, 6.45) is 0.243. The molecule has 0 aromatic heterocycles. The van der Waals surface area contributed by atoms with Crippen LogP contribution in [0.15, 0.2) is 30.3 Å². The zero-order valence-electron chi connectivity index (χ0n) is 13.1. The highest BCUT2D eigenvalue weighted by molar-refractivity contribution is 5.88. The molecule has 1 N–H and O–H groups in total. The van der Waals surface area contributed by atoms with E-state index in [1.165, 1.54) is 7.11 Å². The van der Waals surface area contributed by atoms with Gasteiger partial charge in [-0.25, -0.2) is 9.59 Å². The van der Waals surface area contributed by atoms with Gasteiger partial charge in [-0.2, -0.15) is 0 Å². The van der Waals surface area contributed by atoms with Gasteiger partial charge in [-0.15, -0.1) is 0 Å². The van der Waals surface area contributed by atoms with Crippen molar-refractivity contribution in [3.8, 4) is 11.8 Å². The summed E-state index contributed by atoms with van der Waals surface area (Å²) in [5.74, 6) is 4.51. The fourth-order valence-electron chi connectivity index (χ4n) is 1.64. The summed E-state index contributed by atoms with van der Waals surface area (Å²) >= 11 is 0. The molecule has 0 aliphatic rings. The van der Waals surface area contributed by atoms with Crippen LogP contribution < -0.4 is 5.32 Å². The zero-order valence-corrected chi connectivity index (χ0v) is 13.1. The number of carbonyl (C=O) groups is 2. The minimum absolute atomic E-state index is 0.0847. The lowest BCUT2D eigenvalue weighted by Gasteiger charge is -2.18. The Morgan fingerprint density at radius 2 is 1.95 bits per heavy atom. The predicted molar refractivity (Wildman–Crippen MR) is 82.8 cm³/mol. The zero-order chi connectivity index (χ0) is 16.4. The Morgan fingerprint density at radius 1 is 1.27 bits per heavy atom. The van der Waals surface area contributed by atoms with E-state index >= 15 is 0 Å². The molecule has 0 radical (unpaired) electrons. The summed E-state index contributed by atoms with van der Waals surface area (Å²) in [7, 11) is 1.26. The third kappa shape index (κ3) is 6.31. The number of methoxy groups -OCH3 is 1. The van der Waals surface area contributed by atoms with E-state index in [9.17, 15) is 9.59 Å². The molecule has 0 heterocycles. The highest BCUT2D eigenvalue weighted by atomic mass is 16.5. The van der Waals surface area contributed by atoms with Crippen LogP contribution in [-0.4, -0.2) is 25.2 Å². The Hall–Kier alpha value is -2.48. The second-order valence-electron chi connectivity index (χ2n) is 4.83. The van der Waals surface area contributed by atoms with E-state index in [1.807, 2.05) is 44.2 Å². The van der Waals surface area contributed by atoms with Gasteiger partial charge < -0.3 is 14.8 Å². The topological polar surface area (TPSA) is 64.6 Å². The van der Waals surface area contributed by atoms with Crippen molar-refractivity contribution in [2.24, 2.45) is 5.92 Å². The lowest BCUT2D eigenvalue weighted by atomic mass is 10.00. The number of hydrogen-bond donors (Lipinski definition) is 1. The molecule has 2 atom stereocenters. The van der Waals surface area contributed by atoms with Gasteiger partial charge in [-0.1, -0.05) is 56.5 Å². The van der Waals surface area contributed by atoms with Crippen LogP contribution in [0.25, 0.3) is 0 Å². The van der Waals surface area contributed by atoms with E-state index in [0.717, 1.165) is 12.0 Å². The number of rotatable bonds is 5. The summed E-state index contributed by atoms with van der Waals surface area (Å²) in [6.45, 7) is 4.10.